The summed E-state index contributed by atoms with van der Waals surface area (Å²) in [5.41, 5.74) is 15.8. The van der Waals surface area contributed by atoms with Crippen LogP contribution in [-0.4, -0.2) is 21.5 Å². The summed E-state index contributed by atoms with van der Waals surface area (Å²) >= 11 is 0. The molecule has 0 spiro atoms. The molecule has 1 unspecified atom stereocenters. The van der Waals surface area contributed by atoms with Gasteiger partial charge >= 0.3 is 0 Å². The number of aliphatic imine (C=N–C) groups is 1. The average Bonchev–Trinajstić information content (AvgIpc) is 3.84. The molecular formula is C58H49N3O. The number of nitrogens with zero attached hydrogens (tertiary/aromatic N) is 3. The molecule has 0 fully saturated rings. The van der Waals surface area contributed by atoms with Crippen molar-refractivity contribution in [1.29, 1.82) is 0 Å². The quantitative estimate of drug-likeness (QED) is 0.151. The van der Waals surface area contributed by atoms with Crippen LogP contribution in [0.25, 0.3) is 71.8 Å². The summed E-state index contributed by atoms with van der Waals surface area (Å²) in [4.78, 5) is 5.43. The molecule has 0 amide bonds. The van der Waals surface area contributed by atoms with Crippen molar-refractivity contribution in [2.75, 3.05) is 6.61 Å². The summed E-state index contributed by atoms with van der Waals surface area (Å²) in [7, 11) is 0. The number of hydrogen-bond donors (Lipinski definition) is 0. The van der Waals surface area contributed by atoms with E-state index in [1.165, 1.54) is 77.3 Å². The fourth-order valence-electron chi connectivity index (χ4n) is 10.0. The van der Waals surface area contributed by atoms with Crippen molar-refractivity contribution >= 4 is 60.7 Å². The number of rotatable bonds is 8. The minimum Gasteiger partial charge on any atom is -0.494 e. The maximum Gasteiger partial charge on any atom is 0.119 e. The number of aromatic nitrogens is 2. The van der Waals surface area contributed by atoms with Gasteiger partial charge in [-0.3, -0.25) is 4.99 Å². The molecule has 4 nitrogen and oxygen atoms in total. The standard InChI is InChI=1S/C58H49N3O/c1-3-62-47-30-28-45(29-31-47)60-56-24-13-11-22-49(56)52-36-42(27-34-57(52)60)43-26-32-50-48-21-10-12-23-55(48)61(58(50)37-43)46-20-14-19-44(35-46)51-38-54(41-17-8-5-9-18-41)59-53(33-25-39(51)2)40-15-6-4-7-16-40/h4-13,15-19,21-24,26-32,34-39,51H,3,14,20,25,33H2,1-2H3/b54-38-,59-53?/t39-,51?/m1/s1. The van der Waals surface area contributed by atoms with Gasteiger partial charge in [0.1, 0.15) is 5.75 Å². The van der Waals surface area contributed by atoms with Crippen LogP contribution in [0.1, 0.15) is 50.7 Å². The van der Waals surface area contributed by atoms with E-state index < -0.39 is 0 Å². The number of hydrogen-bond acceptors (Lipinski definition) is 2. The van der Waals surface area contributed by atoms with Gasteiger partial charge < -0.3 is 13.9 Å². The molecule has 0 N–H and O–H groups in total. The monoisotopic (exact) mass is 803 g/mol. The van der Waals surface area contributed by atoms with E-state index in [2.05, 4.69) is 204 Å². The summed E-state index contributed by atoms with van der Waals surface area (Å²) < 4.78 is 10.7. The predicted octanol–water partition coefficient (Wildman–Crippen LogP) is 15.1. The normalized spacial score (nSPS) is 17.9. The minimum atomic E-state index is 0.238. The predicted molar refractivity (Wildman–Crippen MR) is 261 cm³/mol. The molecule has 11 rings (SSSR count). The first-order chi connectivity index (χ1) is 30.6. The molecule has 302 valence electrons. The summed E-state index contributed by atoms with van der Waals surface area (Å²) in [5.74, 6) is 1.56. The molecule has 4 heteroatoms. The third-order valence-electron chi connectivity index (χ3n) is 13.1. The molecule has 2 aromatic heterocycles. The SMILES string of the molecule is CCOc1ccc(-n2c3ccccc3c3cc(-c4ccc5c6ccccc6n(C6=CC(C7/C=C(/c8ccccc8)N=C(c8ccccc8)CC[C@H]7C)=CCC6)c5c4)ccc32)cc1. The lowest BCUT2D eigenvalue weighted by Gasteiger charge is -2.28. The number of ether oxygens (including phenoxy) is 1. The van der Waals surface area contributed by atoms with Crippen molar-refractivity contribution in [3.05, 3.63) is 205 Å². The molecular weight excluding hydrogens is 755 g/mol. The molecule has 0 saturated heterocycles. The molecule has 1 aliphatic carbocycles. The molecule has 0 bridgehead atoms. The van der Waals surface area contributed by atoms with Crippen molar-refractivity contribution in [3.8, 4) is 22.6 Å². The second-order valence-electron chi connectivity index (χ2n) is 16.9. The van der Waals surface area contributed by atoms with Gasteiger partial charge in [0.25, 0.3) is 0 Å². The average molecular weight is 804 g/mol. The first-order valence-corrected chi connectivity index (χ1v) is 22.2. The Bertz CT molecular complexity index is 3250. The summed E-state index contributed by atoms with van der Waals surface area (Å²) in [6.07, 6.45) is 11.4. The van der Waals surface area contributed by atoms with Gasteiger partial charge in [0.05, 0.1) is 34.4 Å². The van der Waals surface area contributed by atoms with E-state index in [1.54, 1.807) is 0 Å². The van der Waals surface area contributed by atoms with Crippen LogP contribution in [-0.2, 0) is 0 Å². The fraction of sp³-hybridized carbons (Fsp3) is 0.155. The smallest absolute Gasteiger partial charge is 0.119 e. The molecule has 2 atom stereocenters. The maximum absolute atomic E-state index is 5.77. The first-order valence-electron chi connectivity index (χ1n) is 22.2. The zero-order valence-corrected chi connectivity index (χ0v) is 35.3. The Morgan fingerprint density at radius 3 is 1.95 bits per heavy atom. The van der Waals surface area contributed by atoms with Crippen molar-refractivity contribution in [1.82, 2.24) is 9.13 Å². The van der Waals surface area contributed by atoms with Gasteiger partial charge in [-0.05, 0) is 127 Å². The Morgan fingerprint density at radius 2 is 1.19 bits per heavy atom. The van der Waals surface area contributed by atoms with Crippen LogP contribution in [0.5, 0.6) is 5.75 Å². The van der Waals surface area contributed by atoms with E-state index in [-0.39, 0.29) is 5.92 Å². The molecule has 7 aromatic carbocycles. The summed E-state index contributed by atoms with van der Waals surface area (Å²) in [5, 5.41) is 5.06. The van der Waals surface area contributed by atoms with Gasteiger partial charge in [-0.25, -0.2) is 0 Å². The van der Waals surface area contributed by atoms with Gasteiger partial charge in [-0.1, -0.05) is 134 Å². The van der Waals surface area contributed by atoms with E-state index in [4.69, 9.17) is 9.73 Å². The van der Waals surface area contributed by atoms with E-state index in [0.29, 0.717) is 12.5 Å². The lowest BCUT2D eigenvalue weighted by molar-refractivity contribution is 0.340. The third kappa shape index (κ3) is 6.77. The Hall–Kier alpha value is -7.17. The highest BCUT2D eigenvalue weighted by atomic mass is 16.5. The molecule has 0 radical (unpaired) electrons. The Kier molecular flexibility index (Phi) is 9.77. The highest BCUT2D eigenvalue weighted by Gasteiger charge is 2.26. The maximum atomic E-state index is 5.77. The highest BCUT2D eigenvalue weighted by Crippen LogP contribution is 2.42. The Labute approximate surface area is 363 Å². The van der Waals surface area contributed by atoms with E-state index >= 15 is 0 Å². The zero-order chi connectivity index (χ0) is 41.6. The second-order valence-corrected chi connectivity index (χ2v) is 16.9. The number of para-hydroxylation sites is 2. The second kappa shape index (κ2) is 16.0. The van der Waals surface area contributed by atoms with Crippen LogP contribution in [0.3, 0.4) is 0 Å². The van der Waals surface area contributed by atoms with Gasteiger partial charge in [0.2, 0.25) is 0 Å². The molecule has 0 saturated carbocycles. The van der Waals surface area contributed by atoms with Crippen LogP contribution in [0.4, 0.5) is 0 Å². The van der Waals surface area contributed by atoms with Crippen molar-refractivity contribution < 1.29 is 4.74 Å². The van der Waals surface area contributed by atoms with Crippen LogP contribution in [0.15, 0.2) is 199 Å². The fourth-order valence-corrected chi connectivity index (χ4v) is 10.0. The van der Waals surface area contributed by atoms with Crippen LogP contribution in [0.2, 0.25) is 0 Å². The zero-order valence-electron chi connectivity index (χ0n) is 35.3. The van der Waals surface area contributed by atoms with E-state index in [1.807, 2.05) is 6.92 Å². The molecule has 3 heterocycles. The number of fused-ring (bicyclic) bond motifs is 6. The third-order valence-corrected chi connectivity index (χ3v) is 13.1. The molecule has 9 aromatic rings. The lowest BCUT2D eigenvalue weighted by atomic mass is 9.79. The van der Waals surface area contributed by atoms with Gasteiger partial charge in [-0.15, -0.1) is 0 Å². The van der Waals surface area contributed by atoms with Gasteiger partial charge in [0, 0.05) is 44.6 Å². The summed E-state index contributed by atoms with van der Waals surface area (Å²) in [6.45, 7) is 5.10. The van der Waals surface area contributed by atoms with Crippen LogP contribution >= 0.6 is 0 Å². The van der Waals surface area contributed by atoms with Crippen LogP contribution in [0, 0.1) is 11.8 Å². The molecule has 62 heavy (non-hydrogen) atoms. The molecule has 2 aliphatic rings. The van der Waals surface area contributed by atoms with Crippen molar-refractivity contribution in [2.24, 2.45) is 16.8 Å². The van der Waals surface area contributed by atoms with Gasteiger partial charge in [0.15, 0.2) is 0 Å². The highest BCUT2D eigenvalue weighted by molar-refractivity contribution is 6.13. The molecule has 1 aliphatic heterocycles. The Morgan fingerprint density at radius 1 is 0.565 bits per heavy atom. The van der Waals surface area contributed by atoms with E-state index in [9.17, 15) is 0 Å². The van der Waals surface area contributed by atoms with Crippen molar-refractivity contribution in [3.63, 3.8) is 0 Å². The number of allylic oxidation sites excluding steroid dienone is 5. The Balaban J connectivity index is 1.02. The lowest BCUT2D eigenvalue weighted by Crippen LogP contribution is -2.18. The topological polar surface area (TPSA) is 31.4 Å². The van der Waals surface area contributed by atoms with Crippen molar-refractivity contribution in [2.45, 2.75) is 39.5 Å². The largest absolute Gasteiger partial charge is 0.494 e. The van der Waals surface area contributed by atoms with Crippen LogP contribution < -0.4 is 4.74 Å². The van der Waals surface area contributed by atoms with Gasteiger partial charge in [-0.2, -0.15) is 0 Å². The van der Waals surface area contributed by atoms with E-state index in [0.717, 1.165) is 48.4 Å². The number of benzene rings is 7. The first kappa shape index (κ1) is 37.8. The minimum absolute atomic E-state index is 0.238. The summed E-state index contributed by atoms with van der Waals surface area (Å²) in [6, 6.07) is 61.6.